The van der Waals surface area contributed by atoms with Gasteiger partial charge in [-0.1, -0.05) is 22.9 Å². The third-order valence-corrected chi connectivity index (χ3v) is 4.23. The van der Waals surface area contributed by atoms with E-state index in [1.165, 1.54) is 0 Å². The number of rotatable bonds is 5. The van der Waals surface area contributed by atoms with Crippen LogP contribution < -0.4 is 10.3 Å². The highest BCUT2D eigenvalue weighted by Crippen LogP contribution is 2.31. The number of aromatic nitrogens is 4. The largest absolute Gasteiger partial charge is 0.493 e. The van der Waals surface area contributed by atoms with Gasteiger partial charge in [-0.3, -0.25) is 4.79 Å². The zero-order valence-corrected chi connectivity index (χ0v) is 15.5. The molecule has 0 aliphatic carbocycles. The van der Waals surface area contributed by atoms with Gasteiger partial charge in [0.2, 0.25) is 0 Å². The van der Waals surface area contributed by atoms with Crippen LogP contribution in [-0.4, -0.2) is 26.4 Å². The lowest BCUT2D eigenvalue weighted by molar-refractivity contribution is 0.318. The summed E-state index contributed by atoms with van der Waals surface area (Å²) in [4.78, 5) is 20.1. The molecule has 126 valence electrons. The average molecular weight is 391 g/mol. The molecule has 2 aromatic heterocycles. The van der Waals surface area contributed by atoms with Crippen LogP contribution in [-0.2, 0) is 6.54 Å². The van der Waals surface area contributed by atoms with Crippen molar-refractivity contribution in [2.45, 2.75) is 33.7 Å². The lowest BCUT2D eigenvalue weighted by Crippen LogP contribution is -2.11. The Morgan fingerprint density at radius 3 is 2.83 bits per heavy atom. The number of halogens is 1. The minimum absolute atomic E-state index is 0.186. The van der Waals surface area contributed by atoms with Gasteiger partial charge in [0.05, 0.1) is 17.9 Å². The van der Waals surface area contributed by atoms with Gasteiger partial charge in [0.15, 0.2) is 5.65 Å². The second-order valence-corrected chi connectivity index (χ2v) is 6.42. The van der Waals surface area contributed by atoms with Crippen LogP contribution in [0.3, 0.4) is 0 Å². The van der Waals surface area contributed by atoms with E-state index in [-0.39, 0.29) is 5.56 Å². The van der Waals surface area contributed by atoms with Crippen LogP contribution in [0.25, 0.3) is 22.4 Å². The maximum Gasteiger partial charge on any atom is 0.262 e. The second-order valence-electron chi connectivity index (χ2n) is 5.50. The molecule has 0 saturated carbocycles. The molecule has 7 heteroatoms. The van der Waals surface area contributed by atoms with Gasteiger partial charge in [0.1, 0.15) is 17.0 Å². The molecule has 0 radical (unpaired) electrons. The normalized spacial score (nSPS) is 11.2. The fourth-order valence-corrected chi connectivity index (χ4v) is 2.99. The van der Waals surface area contributed by atoms with Crippen LogP contribution in [0.15, 0.2) is 27.5 Å². The molecule has 3 aromatic rings. The van der Waals surface area contributed by atoms with Gasteiger partial charge in [-0.15, -0.1) is 0 Å². The Morgan fingerprint density at radius 2 is 2.12 bits per heavy atom. The molecule has 0 unspecified atom stereocenters. The van der Waals surface area contributed by atoms with Crippen molar-refractivity contribution in [2.75, 3.05) is 6.61 Å². The van der Waals surface area contributed by atoms with Crippen molar-refractivity contribution in [1.29, 1.82) is 0 Å². The first-order valence-electron chi connectivity index (χ1n) is 7.95. The van der Waals surface area contributed by atoms with E-state index < -0.39 is 0 Å². The van der Waals surface area contributed by atoms with Gasteiger partial charge >= 0.3 is 0 Å². The summed E-state index contributed by atoms with van der Waals surface area (Å²) >= 11 is 3.47. The minimum atomic E-state index is -0.186. The van der Waals surface area contributed by atoms with Crippen LogP contribution in [0.4, 0.5) is 0 Å². The standard InChI is InChI=1S/C17H19BrN4O2/c1-4-8-24-13-7-6-11(18)9-12(13)15-19-16-14(17(23)20-15)10(3)21-22(16)5-2/h6-7,9H,4-5,8H2,1-3H3,(H,19,20,23). The van der Waals surface area contributed by atoms with Crippen molar-refractivity contribution < 1.29 is 4.74 Å². The van der Waals surface area contributed by atoms with Crippen LogP contribution in [0.1, 0.15) is 26.0 Å². The van der Waals surface area contributed by atoms with E-state index in [2.05, 4.69) is 31.0 Å². The third kappa shape index (κ3) is 2.96. The molecule has 0 saturated heterocycles. The monoisotopic (exact) mass is 390 g/mol. The molecule has 2 heterocycles. The van der Waals surface area contributed by atoms with E-state index in [0.29, 0.717) is 41.5 Å². The number of aromatic amines is 1. The highest BCUT2D eigenvalue weighted by molar-refractivity contribution is 9.10. The van der Waals surface area contributed by atoms with Crippen molar-refractivity contribution >= 4 is 27.0 Å². The Kier molecular flexibility index (Phi) is 4.71. The molecule has 6 nitrogen and oxygen atoms in total. The van der Waals surface area contributed by atoms with Crippen molar-refractivity contribution in [1.82, 2.24) is 19.7 Å². The van der Waals surface area contributed by atoms with Gasteiger partial charge in [0.25, 0.3) is 5.56 Å². The molecule has 1 N–H and O–H groups in total. The third-order valence-electron chi connectivity index (χ3n) is 3.74. The van der Waals surface area contributed by atoms with Crippen LogP contribution >= 0.6 is 15.9 Å². The molecule has 0 atom stereocenters. The Bertz CT molecular complexity index is 946. The van der Waals surface area contributed by atoms with Crippen molar-refractivity contribution in [3.63, 3.8) is 0 Å². The van der Waals surface area contributed by atoms with E-state index in [0.717, 1.165) is 16.5 Å². The van der Waals surface area contributed by atoms with Gasteiger partial charge in [0, 0.05) is 11.0 Å². The number of nitrogens with zero attached hydrogens (tertiary/aromatic N) is 3. The number of hydrogen-bond acceptors (Lipinski definition) is 4. The SMILES string of the molecule is CCCOc1ccc(Br)cc1-c1nc2c(c(C)nn2CC)c(=O)[nH]1. The van der Waals surface area contributed by atoms with Crippen LogP contribution in [0, 0.1) is 6.92 Å². The Hall–Kier alpha value is -2.15. The molecular formula is C17H19BrN4O2. The molecule has 3 rings (SSSR count). The number of hydrogen-bond donors (Lipinski definition) is 1. The number of benzene rings is 1. The van der Waals surface area contributed by atoms with E-state index >= 15 is 0 Å². The number of aryl methyl sites for hydroxylation is 2. The molecular weight excluding hydrogens is 372 g/mol. The summed E-state index contributed by atoms with van der Waals surface area (Å²) in [5.74, 6) is 1.18. The van der Waals surface area contributed by atoms with E-state index in [9.17, 15) is 4.79 Å². The zero-order chi connectivity index (χ0) is 17.3. The van der Waals surface area contributed by atoms with Gasteiger partial charge in [-0.25, -0.2) is 9.67 Å². The Labute approximate surface area is 148 Å². The molecule has 0 spiro atoms. The molecule has 0 amide bonds. The predicted octanol–water partition coefficient (Wildman–Crippen LogP) is 3.67. The highest BCUT2D eigenvalue weighted by Gasteiger charge is 2.16. The summed E-state index contributed by atoms with van der Waals surface area (Å²) in [7, 11) is 0. The van der Waals surface area contributed by atoms with E-state index in [1.54, 1.807) is 4.68 Å². The summed E-state index contributed by atoms with van der Waals surface area (Å²) in [6.07, 6.45) is 0.903. The quantitative estimate of drug-likeness (QED) is 0.721. The van der Waals surface area contributed by atoms with Crippen LogP contribution in [0.2, 0.25) is 0 Å². The Morgan fingerprint density at radius 1 is 1.33 bits per heavy atom. The molecule has 24 heavy (non-hydrogen) atoms. The van der Waals surface area contributed by atoms with E-state index in [4.69, 9.17) is 4.74 Å². The molecule has 1 aromatic carbocycles. The Balaban J connectivity index is 2.23. The summed E-state index contributed by atoms with van der Waals surface area (Å²) < 4.78 is 8.44. The summed E-state index contributed by atoms with van der Waals surface area (Å²) in [6, 6.07) is 5.68. The number of ether oxygens (including phenoxy) is 1. The first kappa shape index (κ1) is 16.7. The first-order valence-corrected chi connectivity index (χ1v) is 8.74. The van der Waals surface area contributed by atoms with Crippen LogP contribution in [0.5, 0.6) is 5.75 Å². The number of H-pyrrole nitrogens is 1. The molecule has 0 fully saturated rings. The second kappa shape index (κ2) is 6.76. The zero-order valence-electron chi connectivity index (χ0n) is 13.9. The fraction of sp³-hybridized carbons (Fsp3) is 0.353. The minimum Gasteiger partial charge on any atom is -0.493 e. The van der Waals surface area contributed by atoms with E-state index in [1.807, 2.05) is 39.0 Å². The molecule has 0 aliphatic rings. The fourth-order valence-electron chi connectivity index (χ4n) is 2.63. The topological polar surface area (TPSA) is 72.8 Å². The highest BCUT2D eigenvalue weighted by atomic mass is 79.9. The maximum atomic E-state index is 12.5. The average Bonchev–Trinajstić information content (AvgIpc) is 2.90. The first-order chi connectivity index (χ1) is 11.5. The van der Waals surface area contributed by atoms with Gasteiger partial charge < -0.3 is 9.72 Å². The lowest BCUT2D eigenvalue weighted by atomic mass is 10.2. The molecule has 0 bridgehead atoms. The summed E-state index contributed by atoms with van der Waals surface area (Å²) in [5.41, 5.74) is 1.84. The van der Waals surface area contributed by atoms with Gasteiger partial charge in [-0.2, -0.15) is 5.10 Å². The lowest BCUT2D eigenvalue weighted by Gasteiger charge is -2.11. The van der Waals surface area contributed by atoms with Crippen molar-refractivity contribution in [2.24, 2.45) is 0 Å². The molecule has 0 aliphatic heterocycles. The smallest absolute Gasteiger partial charge is 0.262 e. The maximum absolute atomic E-state index is 12.5. The number of fused-ring (bicyclic) bond motifs is 1. The number of nitrogens with one attached hydrogen (secondary N) is 1. The van der Waals surface area contributed by atoms with Crippen molar-refractivity contribution in [3.05, 3.63) is 38.7 Å². The predicted molar refractivity (Wildman–Crippen MR) is 97.5 cm³/mol. The summed E-state index contributed by atoms with van der Waals surface area (Å²) in [5, 5.41) is 4.92. The van der Waals surface area contributed by atoms with Crippen molar-refractivity contribution in [3.8, 4) is 17.1 Å². The van der Waals surface area contributed by atoms with Gasteiger partial charge in [-0.05, 0) is 38.5 Å². The summed E-state index contributed by atoms with van der Waals surface area (Å²) in [6.45, 7) is 7.10.